The first-order valence-corrected chi connectivity index (χ1v) is 5.97. The van der Waals surface area contributed by atoms with Gasteiger partial charge in [-0.3, -0.25) is 0 Å². The fourth-order valence-electron chi connectivity index (χ4n) is 2.25. The molecule has 0 saturated carbocycles. The smallest absolute Gasteiger partial charge is 0.336 e. The van der Waals surface area contributed by atoms with E-state index >= 15 is 0 Å². The topological polar surface area (TPSA) is 50.4 Å². The van der Waals surface area contributed by atoms with Crippen LogP contribution in [0.1, 0.15) is 15.9 Å². The van der Waals surface area contributed by atoms with Crippen LogP contribution in [0.3, 0.4) is 0 Å². The SMILES string of the molecule is Cc1ccc2c(-c3ccccc3C(=O)O)occ2c1. The van der Waals surface area contributed by atoms with E-state index in [-0.39, 0.29) is 5.56 Å². The van der Waals surface area contributed by atoms with Crippen molar-refractivity contribution in [1.29, 1.82) is 0 Å². The van der Waals surface area contributed by atoms with Gasteiger partial charge in [0.05, 0.1) is 11.8 Å². The highest BCUT2D eigenvalue weighted by Crippen LogP contribution is 2.33. The number of hydrogen-bond donors (Lipinski definition) is 1. The Labute approximate surface area is 110 Å². The maximum absolute atomic E-state index is 11.3. The number of hydrogen-bond acceptors (Lipinski definition) is 2. The summed E-state index contributed by atoms with van der Waals surface area (Å²) in [5.41, 5.74) is 2.00. The molecule has 1 N–H and O–H groups in total. The van der Waals surface area contributed by atoms with Crippen molar-refractivity contribution in [2.45, 2.75) is 6.92 Å². The molecule has 1 heterocycles. The number of fused-ring (bicyclic) bond motifs is 1. The summed E-state index contributed by atoms with van der Waals surface area (Å²) in [6.45, 7) is 2.01. The lowest BCUT2D eigenvalue weighted by Crippen LogP contribution is -1.98. The van der Waals surface area contributed by atoms with Crippen LogP contribution in [0.25, 0.3) is 22.1 Å². The van der Waals surface area contributed by atoms with Crippen molar-refractivity contribution in [3.05, 3.63) is 59.9 Å². The highest BCUT2D eigenvalue weighted by Gasteiger charge is 2.16. The molecule has 0 spiro atoms. The number of aromatic carboxylic acids is 1. The van der Waals surface area contributed by atoms with Crippen LogP contribution in [0.2, 0.25) is 0 Å². The molecule has 0 aliphatic carbocycles. The second-order valence-electron chi connectivity index (χ2n) is 4.51. The van der Waals surface area contributed by atoms with E-state index in [1.54, 1.807) is 24.5 Å². The molecule has 94 valence electrons. The van der Waals surface area contributed by atoms with Crippen LogP contribution < -0.4 is 0 Å². The molecule has 1 aromatic heterocycles. The quantitative estimate of drug-likeness (QED) is 0.746. The molecule has 19 heavy (non-hydrogen) atoms. The zero-order chi connectivity index (χ0) is 13.4. The molecule has 0 fully saturated rings. The minimum absolute atomic E-state index is 0.249. The maximum atomic E-state index is 11.3. The Morgan fingerprint density at radius 1 is 1.16 bits per heavy atom. The van der Waals surface area contributed by atoms with Crippen molar-refractivity contribution in [2.24, 2.45) is 0 Å². The van der Waals surface area contributed by atoms with Crippen molar-refractivity contribution in [3.8, 4) is 11.3 Å². The number of benzene rings is 2. The molecule has 3 heteroatoms. The van der Waals surface area contributed by atoms with Gasteiger partial charge in [0, 0.05) is 16.3 Å². The molecule has 3 aromatic rings. The van der Waals surface area contributed by atoms with Gasteiger partial charge in [-0.15, -0.1) is 0 Å². The Morgan fingerprint density at radius 2 is 1.95 bits per heavy atom. The van der Waals surface area contributed by atoms with E-state index in [1.165, 1.54) is 0 Å². The van der Waals surface area contributed by atoms with Crippen molar-refractivity contribution in [2.75, 3.05) is 0 Å². The maximum Gasteiger partial charge on any atom is 0.336 e. The molecule has 0 atom stereocenters. The highest BCUT2D eigenvalue weighted by molar-refractivity contribution is 6.01. The molecule has 0 amide bonds. The average molecular weight is 252 g/mol. The number of carboxylic acid groups (broad SMARTS) is 1. The summed E-state index contributed by atoms with van der Waals surface area (Å²) in [5.74, 6) is -0.347. The van der Waals surface area contributed by atoms with Crippen LogP contribution in [0.5, 0.6) is 0 Å². The molecule has 0 bridgehead atoms. The van der Waals surface area contributed by atoms with Gasteiger partial charge in [-0.1, -0.05) is 35.9 Å². The molecule has 0 saturated heterocycles. The molecular formula is C16H12O3. The van der Waals surface area contributed by atoms with E-state index in [4.69, 9.17) is 4.42 Å². The monoisotopic (exact) mass is 252 g/mol. The molecule has 2 aromatic carbocycles. The average Bonchev–Trinajstić information content (AvgIpc) is 2.81. The third kappa shape index (κ3) is 1.89. The minimum atomic E-state index is -0.952. The van der Waals surface area contributed by atoms with Crippen LogP contribution >= 0.6 is 0 Å². The van der Waals surface area contributed by atoms with Gasteiger partial charge in [-0.05, 0) is 19.1 Å². The van der Waals surface area contributed by atoms with Crippen LogP contribution in [0.4, 0.5) is 0 Å². The molecular weight excluding hydrogens is 240 g/mol. The van der Waals surface area contributed by atoms with Crippen LogP contribution in [-0.4, -0.2) is 11.1 Å². The van der Waals surface area contributed by atoms with E-state index in [2.05, 4.69) is 0 Å². The second kappa shape index (κ2) is 4.28. The number of carboxylic acids is 1. The summed E-state index contributed by atoms with van der Waals surface area (Å²) in [7, 11) is 0. The van der Waals surface area contributed by atoms with Crippen molar-refractivity contribution in [1.82, 2.24) is 0 Å². The van der Waals surface area contributed by atoms with Gasteiger partial charge in [0.2, 0.25) is 0 Å². The van der Waals surface area contributed by atoms with Crippen molar-refractivity contribution >= 4 is 16.7 Å². The zero-order valence-corrected chi connectivity index (χ0v) is 10.4. The zero-order valence-electron chi connectivity index (χ0n) is 10.4. The lowest BCUT2D eigenvalue weighted by Gasteiger charge is -2.03. The Bertz CT molecular complexity index is 769. The van der Waals surface area contributed by atoms with Crippen LogP contribution in [-0.2, 0) is 0 Å². The standard InChI is InChI=1S/C16H12O3/c1-10-6-7-12-11(8-10)9-19-15(12)13-4-2-3-5-14(13)16(17)18/h2-9H,1H3,(H,17,18). The van der Waals surface area contributed by atoms with Gasteiger partial charge >= 0.3 is 5.97 Å². The Morgan fingerprint density at radius 3 is 2.74 bits per heavy atom. The summed E-state index contributed by atoms with van der Waals surface area (Å²) >= 11 is 0. The van der Waals surface area contributed by atoms with Gasteiger partial charge in [0.25, 0.3) is 0 Å². The molecule has 0 unspecified atom stereocenters. The third-order valence-corrected chi connectivity index (χ3v) is 3.16. The van der Waals surface area contributed by atoms with Gasteiger partial charge in [-0.25, -0.2) is 4.79 Å². The van der Waals surface area contributed by atoms with Gasteiger partial charge in [0.1, 0.15) is 5.76 Å². The third-order valence-electron chi connectivity index (χ3n) is 3.16. The molecule has 0 aliphatic heterocycles. The normalized spacial score (nSPS) is 10.8. The Kier molecular flexibility index (Phi) is 2.60. The highest BCUT2D eigenvalue weighted by atomic mass is 16.4. The number of aryl methyl sites for hydroxylation is 1. The fourth-order valence-corrected chi connectivity index (χ4v) is 2.25. The first kappa shape index (κ1) is 11.5. The van der Waals surface area contributed by atoms with E-state index in [1.807, 2.05) is 31.2 Å². The molecule has 3 nitrogen and oxygen atoms in total. The molecule has 0 aliphatic rings. The lowest BCUT2D eigenvalue weighted by atomic mass is 10.0. The van der Waals surface area contributed by atoms with E-state index in [9.17, 15) is 9.90 Å². The lowest BCUT2D eigenvalue weighted by molar-refractivity contribution is 0.0697. The predicted molar refractivity (Wildman–Crippen MR) is 73.3 cm³/mol. The van der Waals surface area contributed by atoms with Crippen LogP contribution in [0, 0.1) is 6.92 Å². The largest absolute Gasteiger partial charge is 0.478 e. The van der Waals surface area contributed by atoms with Gasteiger partial charge in [-0.2, -0.15) is 0 Å². The number of furan rings is 1. The second-order valence-corrected chi connectivity index (χ2v) is 4.51. The van der Waals surface area contributed by atoms with Crippen LogP contribution in [0.15, 0.2) is 53.1 Å². The first-order valence-electron chi connectivity index (χ1n) is 5.97. The van der Waals surface area contributed by atoms with E-state index < -0.39 is 5.97 Å². The first-order chi connectivity index (χ1) is 9.16. The molecule has 3 rings (SSSR count). The molecule has 0 radical (unpaired) electrons. The van der Waals surface area contributed by atoms with Gasteiger partial charge < -0.3 is 9.52 Å². The summed E-state index contributed by atoms with van der Waals surface area (Å²) in [6, 6.07) is 12.8. The fraction of sp³-hybridized carbons (Fsp3) is 0.0625. The summed E-state index contributed by atoms with van der Waals surface area (Å²) in [6.07, 6.45) is 1.66. The predicted octanol–water partition coefficient (Wildman–Crippen LogP) is 4.11. The summed E-state index contributed by atoms with van der Waals surface area (Å²) < 4.78 is 5.58. The van der Waals surface area contributed by atoms with E-state index in [0.29, 0.717) is 11.3 Å². The Hall–Kier alpha value is -2.55. The van der Waals surface area contributed by atoms with E-state index in [0.717, 1.165) is 16.3 Å². The number of carbonyl (C=O) groups is 1. The summed E-state index contributed by atoms with van der Waals surface area (Å²) in [4.78, 5) is 11.3. The summed E-state index contributed by atoms with van der Waals surface area (Å²) in [5, 5.41) is 11.2. The van der Waals surface area contributed by atoms with Gasteiger partial charge in [0.15, 0.2) is 0 Å². The minimum Gasteiger partial charge on any atom is -0.478 e. The Balaban J connectivity index is 2.28. The van der Waals surface area contributed by atoms with Crippen molar-refractivity contribution < 1.29 is 14.3 Å². The number of rotatable bonds is 2. The van der Waals surface area contributed by atoms with Crippen molar-refractivity contribution in [3.63, 3.8) is 0 Å².